The van der Waals surface area contributed by atoms with Crippen LogP contribution in [0.25, 0.3) is 11.3 Å². The van der Waals surface area contributed by atoms with Crippen molar-refractivity contribution in [3.05, 3.63) is 17.7 Å². The molecule has 2 heterocycles. The number of aromatic nitrogens is 4. The Morgan fingerprint density at radius 2 is 2.06 bits per heavy atom. The Balaban J connectivity index is 2.52. The standard InChI is InChI=1S/C12H19N5/c1-5-6-10-14-11(12(13)17(10)4)9-7-16(3)15-8(9)2/h7H,5-6,13H2,1-4H3. The molecule has 0 saturated heterocycles. The SMILES string of the molecule is CCCc1nc(-c2cn(C)nc2C)c(N)n1C. The average molecular weight is 233 g/mol. The zero-order chi connectivity index (χ0) is 12.6. The molecule has 0 aliphatic rings. The lowest BCUT2D eigenvalue weighted by molar-refractivity contribution is 0.756. The van der Waals surface area contributed by atoms with Crippen molar-refractivity contribution in [2.45, 2.75) is 26.7 Å². The third-order valence-corrected chi connectivity index (χ3v) is 2.97. The van der Waals surface area contributed by atoms with E-state index in [2.05, 4.69) is 17.0 Å². The number of nitrogens with two attached hydrogens (primary N) is 1. The zero-order valence-electron chi connectivity index (χ0n) is 10.9. The van der Waals surface area contributed by atoms with E-state index in [1.165, 1.54) is 0 Å². The maximum Gasteiger partial charge on any atom is 0.131 e. The fourth-order valence-electron chi connectivity index (χ4n) is 2.04. The molecule has 0 radical (unpaired) electrons. The lowest BCUT2D eigenvalue weighted by Gasteiger charge is -2.00. The molecule has 2 rings (SSSR count). The lowest BCUT2D eigenvalue weighted by Crippen LogP contribution is -2.01. The second-order valence-electron chi connectivity index (χ2n) is 4.37. The van der Waals surface area contributed by atoms with Gasteiger partial charge in [0, 0.05) is 32.3 Å². The topological polar surface area (TPSA) is 61.7 Å². The summed E-state index contributed by atoms with van der Waals surface area (Å²) >= 11 is 0. The van der Waals surface area contributed by atoms with Crippen LogP contribution in [0.1, 0.15) is 24.9 Å². The van der Waals surface area contributed by atoms with Crippen molar-refractivity contribution in [1.29, 1.82) is 0 Å². The molecule has 0 saturated carbocycles. The molecule has 0 unspecified atom stereocenters. The Kier molecular flexibility index (Phi) is 2.92. The van der Waals surface area contributed by atoms with Crippen LogP contribution in [0.15, 0.2) is 6.20 Å². The van der Waals surface area contributed by atoms with Crippen LogP contribution in [-0.4, -0.2) is 19.3 Å². The minimum Gasteiger partial charge on any atom is -0.383 e. The average Bonchev–Trinajstić information content (AvgIpc) is 2.73. The third kappa shape index (κ3) is 1.92. The molecule has 5 nitrogen and oxygen atoms in total. The monoisotopic (exact) mass is 233 g/mol. The summed E-state index contributed by atoms with van der Waals surface area (Å²) in [6, 6.07) is 0. The first-order valence-corrected chi connectivity index (χ1v) is 5.86. The van der Waals surface area contributed by atoms with Crippen molar-refractivity contribution in [3.8, 4) is 11.3 Å². The van der Waals surface area contributed by atoms with Crippen LogP contribution in [0.5, 0.6) is 0 Å². The number of nitrogen functional groups attached to an aromatic ring is 1. The normalized spacial score (nSPS) is 11.1. The highest BCUT2D eigenvalue weighted by atomic mass is 15.3. The molecule has 92 valence electrons. The van der Waals surface area contributed by atoms with Gasteiger partial charge in [-0.1, -0.05) is 6.92 Å². The second-order valence-corrected chi connectivity index (χ2v) is 4.37. The minimum absolute atomic E-state index is 0.713. The molecular formula is C12H19N5. The fourth-order valence-corrected chi connectivity index (χ4v) is 2.04. The van der Waals surface area contributed by atoms with E-state index in [4.69, 9.17) is 5.73 Å². The molecule has 0 aromatic carbocycles. The van der Waals surface area contributed by atoms with Crippen molar-refractivity contribution in [3.63, 3.8) is 0 Å². The second kappa shape index (κ2) is 4.24. The van der Waals surface area contributed by atoms with Gasteiger partial charge in [0.25, 0.3) is 0 Å². The van der Waals surface area contributed by atoms with Gasteiger partial charge < -0.3 is 10.3 Å². The summed E-state index contributed by atoms with van der Waals surface area (Å²) in [4.78, 5) is 4.63. The predicted molar refractivity (Wildman–Crippen MR) is 68.6 cm³/mol. The Bertz CT molecular complexity index is 535. The van der Waals surface area contributed by atoms with Crippen molar-refractivity contribution in [1.82, 2.24) is 19.3 Å². The van der Waals surface area contributed by atoms with Crippen LogP contribution >= 0.6 is 0 Å². The summed E-state index contributed by atoms with van der Waals surface area (Å²) < 4.78 is 3.75. The van der Waals surface area contributed by atoms with Gasteiger partial charge in [0.15, 0.2) is 0 Å². The highest BCUT2D eigenvalue weighted by Gasteiger charge is 2.16. The van der Waals surface area contributed by atoms with E-state index in [-0.39, 0.29) is 0 Å². The third-order valence-electron chi connectivity index (χ3n) is 2.97. The molecule has 2 N–H and O–H groups in total. The van der Waals surface area contributed by atoms with Gasteiger partial charge in [-0.05, 0) is 13.3 Å². The predicted octanol–water partition coefficient (Wildman–Crippen LogP) is 1.66. The van der Waals surface area contributed by atoms with Gasteiger partial charge in [-0.3, -0.25) is 4.68 Å². The summed E-state index contributed by atoms with van der Waals surface area (Å²) in [5.41, 5.74) is 8.93. The molecule has 5 heteroatoms. The first-order chi connectivity index (χ1) is 8.04. The molecule has 17 heavy (non-hydrogen) atoms. The lowest BCUT2D eigenvalue weighted by atomic mass is 10.2. The molecule has 0 spiro atoms. The number of hydrogen-bond donors (Lipinski definition) is 1. The van der Waals surface area contributed by atoms with Crippen LogP contribution in [0, 0.1) is 6.92 Å². The molecular weight excluding hydrogens is 214 g/mol. The van der Waals surface area contributed by atoms with E-state index >= 15 is 0 Å². The maximum absolute atomic E-state index is 6.11. The molecule has 2 aromatic heterocycles. The summed E-state index contributed by atoms with van der Waals surface area (Å²) in [5.74, 6) is 1.74. The fraction of sp³-hybridized carbons (Fsp3) is 0.500. The van der Waals surface area contributed by atoms with Gasteiger partial charge in [0.1, 0.15) is 17.3 Å². The highest BCUT2D eigenvalue weighted by Crippen LogP contribution is 2.27. The summed E-state index contributed by atoms with van der Waals surface area (Å²) in [6.45, 7) is 4.11. The minimum atomic E-state index is 0.713. The summed E-state index contributed by atoms with van der Waals surface area (Å²) in [6.07, 6.45) is 3.97. The summed E-state index contributed by atoms with van der Waals surface area (Å²) in [5, 5.41) is 4.33. The van der Waals surface area contributed by atoms with Crippen LogP contribution < -0.4 is 5.73 Å². The van der Waals surface area contributed by atoms with Gasteiger partial charge in [-0.15, -0.1) is 0 Å². The highest BCUT2D eigenvalue weighted by molar-refractivity contribution is 5.72. The van der Waals surface area contributed by atoms with Crippen LogP contribution in [0.2, 0.25) is 0 Å². The first-order valence-electron chi connectivity index (χ1n) is 5.86. The van der Waals surface area contributed by atoms with Crippen molar-refractivity contribution in [2.24, 2.45) is 14.1 Å². The number of nitrogens with zero attached hydrogens (tertiary/aromatic N) is 4. The summed E-state index contributed by atoms with van der Waals surface area (Å²) in [7, 11) is 3.87. The quantitative estimate of drug-likeness (QED) is 0.877. The molecule has 0 amide bonds. The van der Waals surface area contributed by atoms with E-state index in [1.807, 2.05) is 31.8 Å². The van der Waals surface area contributed by atoms with Crippen LogP contribution in [0.4, 0.5) is 5.82 Å². The largest absolute Gasteiger partial charge is 0.383 e. The van der Waals surface area contributed by atoms with E-state index in [9.17, 15) is 0 Å². The Labute approximate surface area is 101 Å². The van der Waals surface area contributed by atoms with Crippen molar-refractivity contribution >= 4 is 5.82 Å². The van der Waals surface area contributed by atoms with Gasteiger partial charge in [0.05, 0.1) is 5.69 Å². The number of rotatable bonds is 3. The zero-order valence-corrected chi connectivity index (χ0v) is 10.9. The smallest absolute Gasteiger partial charge is 0.131 e. The molecule has 2 aromatic rings. The van der Waals surface area contributed by atoms with Gasteiger partial charge >= 0.3 is 0 Å². The molecule has 0 atom stereocenters. The molecule has 0 fully saturated rings. The van der Waals surface area contributed by atoms with Crippen molar-refractivity contribution < 1.29 is 0 Å². The Morgan fingerprint density at radius 1 is 1.35 bits per heavy atom. The molecule has 0 aliphatic carbocycles. The Hall–Kier alpha value is -1.78. The Morgan fingerprint density at radius 3 is 2.59 bits per heavy atom. The van der Waals surface area contributed by atoms with Gasteiger partial charge in [0.2, 0.25) is 0 Å². The molecule has 0 bridgehead atoms. The van der Waals surface area contributed by atoms with Crippen LogP contribution in [-0.2, 0) is 20.5 Å². The van der Waals surface area contributed by atoms with Gasteiger partial charge in [-0.25, -0.2) is 4.98 Å². The van der Waals surface area contributed by atoms with E-state index in [0.717, 1.165) is 35.6 Å². The maximum atomic E-state index is 6.11. The first kappa shape index (κ1) is 11.7. The van der Waals surface area contributed by atoms with Crippen LogP contribution in [0.3, 0.4) is 0 Å². The molecule has 0 aliphatic heterocycles. The van der Waals surface area contributed by atoms with Crippen molar-refractivity contribution in [2.75, 3.05) is 5.73 Å². The number of anilines is 1. The van der Waals surface area contributed by atoms with E-state index in [0.29, 0.717) is 5.82 Å². The number of hydrogen-bond acceptors (Lipinski definition) is 3. The number of imidazole rings is 1. The van der Waals surface area contributed by atoms with Gasteiger partial charge in [-0.2, -0.15) is 5.10 Å². The number of aryl methyl sites for hydroxylation is 3. The van der Waals surface area contributed by atoms with E-state index in [1.54, 1.807) is 4.68 Å². The van der Waals surface area contributed by atoms with E-state index < -0.39 is 0 Å².